The Morgan fingerprint density at radius 1 is 1.50 bits per heavy atom. The van der Waals surface area contributed by atoms with Crippen molar-refractivity contribution in [3.8, 4) is 0 Å². The lowest BCUT2D eigenvalue weighted by molar-refractivity contribution is -0.168. The van der Waals surface area contributed by atoms with E-state index >= 15 is 0 Å². The van der Waals surface area contributed by atoms with Crippen molar-refractivity contribution in [2.75, 3.05) is 0 Å². The van der Waals surface area contributed by atoms with E-state index in [1.165, 1.54) is 0 Å². The lowest BCUT2D eigenvalue weighted by atomic mass is 9.93. The summed E-state index contributed by atoms with van der Waals surface area (Å²) in [4.78, 5) is 12.2. The molecule has 0 aromatic rings. The molecule has 1 aliphatic rings. The Kier molecular flexibility index (Phi) is 5.61. The summed E-state index contributed by atoms with van der Waals surface area (Å²) in [7, 11) is 0. The Labute approximate surface area is 122 Å². The molecule has 0 spiro atoms. The van der Waals surface area contributed by atoms with Gasteiger partial charge in [-0.3, -0.25) is 4.79 Å². The van der Waals surface area contributed by atoms with E-state index in [1.807, 2.05) is 26.8 Å². The fourth-order valence-corrected chi connectivity index (χ4v) is 2.06. The van der Waals surface area contributed by atoms with Crippen molar-refractivity contribution in [2.24, 2.45) is 11.3 Å². The van der Waals surface area contributed by atoms with Gasteiger partial charge in [-0.15, -0.1) is 6.58 Å². The van der Waals surface area contributed by atoms with Crippen LogP contribution in [0.3, 0.4) is 0 Å². The van der Waals surface area contributed by atoms with Crippen LogP contribution in [0.25, 0.3) is 0 Å². The summed E-state index contributed by atoms with van der Waals surface area (Å²) >= 11 is 0. The summed E-state index contributed by atoms with van der Waals surface area (Å²) in [6.45, 7) is 15.1. The van der Waals surface area contributed by atoms with Crippen molar-refractivity contribution in [1.29, 1.82) is 0 Å². The second-order valence-electron chi connectivity index (χ2n) is 6.32. The zero-order valence-corrected chi connectivity index (χ0v) is 13.0. The lowest BCUT2D eigenvalue weighted by Gasteiger charge is -2.31. The fraction of sp³-hybridized carbons (Fsp3) is 0.588. The maximum Gasteiger partial charge on any atom is 0.311 e. The molecular weight excluding hydrogens is 252 g/mol. The molecule has 20 heavy (non-hydrogen) atoms. The first-order chi connectivity index (χ1) is 9.29. The average Bonchev–Trinajstić information content (AvgIpc) is 2.51. The molecule has 0 aromatic carbocycles. The maximum atomic E-state index is 12.2. The highest BCUT2D eigenvalue weighted by Crippen LogP contribution is 2.29. The SMILES string of the molecule is C=CC[C@H]1OC(C=C)=CC[C@H](C)[C@H]1OC(=O)C(C)(C)C. The highest BCUT2D eigenvalue weighted by atomic mass is 16.6. The Morgan fingerprint density at radius 2 is 2.15 bits per heavy atom. The molecule has 0 saturated carbocycles. The second kappa shape index (κ2) is 6.78. The van der Waals surface area contributed by atoms with Gasteiger partial charge in [0.25, 0.3) is 0 Å². The molecule has 0 radical (unpaired) electrons. The Hall–Kier alpha value is -1.51. The number of hydrogen-bond donors (Lipinski definition) is 0. The van der Waals surface area contributed by atoms with Crippen LogP contribution < -0.4 is 0 Å². The van der Waals surface area contributed by atoms with E-state index in [-0.39, 0.29) is 24.1 Å². The third-order valence-electron chi connectivity index (χ3n) is 3.36. The standard InChI is InChI=1S/C17H26O3/c1-7-9-14-15(20-16(18)17(4,5)6)12(3)10-11-13(8-2)19-14/h7-8,11-12,14-15H,1-2,9-10H2,3-6H3/t12-,14+,15+/m0/s1. The summed E-state index contributed by atoms with van der Waals surface area (Å²) in [5.74, 6) is 0.746. The van der Waals surface area contributed by atoms with Crippen molar-refractivity contribution < 1.29 is 14.3 Å². The van der Waals surface area contributed by atoms with Gasteiger partial charge in [0.1, 0.15) is 18.0 Å². The van der Waals surface area contributed by atoms with Crippen LogP contribution in [0.4, 0.5) is 0 Å². The Morgan fingerprint density at radius 3 is 2.65 bits per heavy atom. The fourth-order valence-electron chi connectivity index (χ4n) is 2.06. The predicted octanol–water partition coefficient (Wildman–Crippen LogP) is 4.02. The van der Waals surface area contributed by atoms with Crippen LogP contribution in [0, 0.1) is 11.3 Å². The molecule has 0 unspecified atom stereocenters. The lowest BCUT2D eigenvalue weighted by Crippen LogP contribution is -2.39. The number of esters is 1. The Balaban J connectivity index is 2.92. The third kappa shape index (κ3) is 4.26. The van der Waals surface area contributed by atoms with Crippen LogP contribution in [-0.2, 0) is 14.3 Å². The first-order valence-corrected chi connectivity index (χ1v) is 7.10. The number of rotatable bonds is 4. The highest BCUT2D eigenvalue weighted by Gasteiger charge is 2.36. The van der Waals surface area contributed by atoms with E-state index in [4.69, 9.17) is 9.47 Å². The first kappa shape index (κ1) is 16.5. The molecule has 0 bridgehead atoms. The quantitative estimate of drug-likeness (QED) is 0.575. The molecule has 3 nitrogen and oxygen atoms in total. The first-order valence-electron chi connectivity index (χ1n) is 7.10. The van der Waals surface area contributed by atoms with Crippen LogP contribution in [-0.4, -0.2) is 18.2 Å². The highest BCUT2D eigenvalue weighted by molar-refractivity contribution is 5.75. The molecule has 0 amide bonds. The van der Waals surface area contributed by atoms with Gasteiger partial charge in [0.05, 0.1) is 5.41 Å². The number of allylic oxidation sites excluding steroid dienone is 2. The molecule has 0 saturated heterocycles. The van der Waals surface area contributed by atoms with Gasteiger partial charge in [-0.05, 0) is 39.3 Å². The Bertz CT molecular complexity index is 401. The summed E-state index contributed by atoms with van der Waals surface area (Å²) in [6, 6.07) is 0. The van der Waals surface area contributed by atoms with E-state index < -0.39 is 5.41 Å². The number of ether oxygens (including phenoxy) is 2. The van der Waals surface area contributed by atoms with Crippen molar-refractivity contribution in [1.82, 2.24) is 0 Å². The smallest absolute Gasteiger partial charge is 0.311 e. The topological polar surface area (TPSA) is 35.5 Å². The average molecular weight is 278 g/mol. The normalized spacial score (nSPS) is 26.8. The molecule has 1 heterocycles. The van der Waals surface area contributed by atoms with Gasteiger partial charge < -0.3 is 9.47 Å². The van der Waals surface area contributed by atoms with E-state index in [1.54, 1.807) is 12.2 Å². The van der Waals surface area contributed by atoms with Gasteiger partial charge in [-0.1, -0.05) is 19.6 Å². The zero-order valence-electron chi connectivity index (χ0n) is 13.0. The largest absolute Gasteiger partial charge is 0.487 e. The van der Waals surface area contributed by atoms with Gasteiger partial charge in [-0.2, -0.15) is 0 Å². The van der Waals surface area contributed by atoms with Gasteiger partial charge in [-0.25, -0.2) is 0 Å². The monoisotopic (exact) mass is 278 g/mol. The maximum absolute atomic E-state index is 12.2. The summed E-state index contributed by atoms with van der Waals surface area (Å²) < 4.78 is 11.6. The molecule has 0 fully saturated rings. The van der Waals surface area contributed by atoms with Gasteiger partial charge in [0, 0.05) is 12.3 Å². The number of hydrogen-bond acceptors (Lipinski definition) is 3. The number of carbonyl (C=O) groups is 1. The van der Waals surface area contributed by atoms with Crippen LogP contribution >= 0.6 is 0 Å². The van der Waals surface area contributed by atoms with Crippen molar-refractivity contribution >= 4 is 5.97 Å². The van der Waals surface area contributed by atoms with Crippen molar-refractivity contribution in [3.63, 3.8) is 0 Å². The molecule has 0 aromatic heterocycles. The molecule has 1 aliphatic heterocycles. The zero-order chi connectivity index (χ0) is 15.3. The van der Waals surface area contributed by atoms with Crippen molar-refractivity contribution in [2.45, 2.75) is 52.7 Å². The summed E-state index contributed by atoms with van der Waals surface area (Å²) in [5.41, 5.74) is -0.514. The third-order valence-corrected chi connectivity index (χ3v) is 3.36. The van der Waals surface area contributed by atoms with Gasteiger partial charge >= 0.3 is 5.97 Å². The van der Waals surface area contributed by atoms with Crippen LogP contribution in [0.5, 0.6) is 0 Å². The minimum absolute atomic E-state index is 0.198. The molecule has 0 N–H and O–H groups in total. The summed E-state index contributed by atoms with van der Waals surface area (Å²) in [5, 5.41) is 0. The van der Waals surface area contributed by atoms with Crippen LogP contribution in [0.15, 0.2) is 37.1 Å². The molecule has 3 heteroatoms. The van der Waals surface area contributed by atoms with Crippen LogP contribution in [0.2, 0.25) is 0 Å². The van der Waals surface area contributed by atoms with Crippen LogP contribution in [0.1, 0.15) is 40.5 Å². The second-order valence-corrected chi connectivity index (χ2v) is 6.32. The minimum Gasteiger partial charge on any atom is -0.487 e. The van der Waals surface area contributed by atoms with E-state index in [2.05, 4.69) is 20.1 Å². The van der Waals surface area contributed by atoms with Gasteiger partial charge in [0.2, 0.25) is 0 Å². The van der Waals surface area contributed by atoms with E-state index in [0.717, 1.165) is 12.2 Å². The molecule has 0 aliphatic carbocycles. The predicted molar refractivity (Wildman–Crippen MR) is 81.1 cm³/mol. The van der Waals surface area contributed by atoms with E-state index in [0.29, 0.717) is 6.42 Å². The molecular formula is C17H26O3. The van der Waals surface area contributed by atoms with Gasteiger partial charge in [0.15, 0.2) is 0 Å². The van der Waals surface area contributed by atoms with E-state index in [9.17, 15) is 4.79 Å². The van der Waals surface area contributed by atoms with Crippen molar-refractivity contribution in [3.05, 3.63) is 37.1 Å². The minimum atomic E-state index is -0.514. The molecule has 3 atom stereocenters. The summed E-state index contributed by atoms with van der Waals surface area (Å²) in [6.07, 6.45) is 6.44. The molecule has 1 rings (SSSR count). The number of carbonyl (C=O) groups excluding carboxylic acids is 1. The molecule has 112 valence electrons.